The van der Waals surface area contributed by atoms with Gasteiger partial charge in [-0.2, -0.15) is 0 Å². The van der Waals surface area contributed by atoms with Gasteiger partial charge < -0.3 is 39.3 Å². The minimum atomic E-state index is -5.82. The molecule has 2 rings (SSSR count). The Morgan fingerprint density at radius 2 is 1.79 bits per heavy atom. The first kappa shape index (κ1) is 32.0. The van der Waals surface area contributed by atoms with Crippen LogP contribution in [0.5, 0.6) is 5.88 Å². The molecule has 1 aliphatic rings. The van der Waals surface area contributed by atoms with Crippen LogP contribution in [0.25, 0.3) is 0 Å². The van der Waals surface area contributed by atoms with Crippen molar-refractivity contribution < 1.29 is 141 Å². The summed E-state index contributed by atoms with van der Waals surface area (Å²) < 4.78 is 34.9. The van der Waals surface area contributed by atoms with Gasteiger partial charge in [0.25, 0.3) is 0 Å². The van der Waals surface area contributed by atoms with Crippen LogP contribution in [0.3, 0.4) is 0 Å². The number of rotatable bonds is 6. The summed E-state index contributed by atoms with van der Waals surface area (Å²) in [5.74, 6) is -0.841. The molecule has 0 saturated carbocycles. The Kier molecular flexibility index (Phi) is 14.6. The van der Waals surface area contributed by atoms with E-state index in [2.05, 4.69) is 13.8 Å². The van der Waals surface area contributed by atoms with Gasteiger partial charge in [-0.1, -0.05) is 0 Å². The van der Waals surface area contributed by atoms with E-state index in [9.17, 15) is 39.0 Å². The van der Waals surface area contributed by atoms with E-state index in [-0.39, 0.29) is 88.7 Å². The Labute approximate surface area is 224 Å². The molecular formula is C9H11N2Na3O12P2. The standard InChI is InChI=1S/C9H14N2O12P2.3Na/c12-5-1-2-11(9(15)10-5)8-7(14)6(13)4(22-8)3-21-25(19,20)23-24(16,17)18;;;/h1-2,4,6-8,13-14H,3H2,(H,19,20)(H,10,12,15)(H2,16,17,18);;;/q;3*+1/p-3/t4-,6-,7-,8-;;;/m1.../s1. The van der Waals surface area contributed by atoms with Gasteiger partial charge >= 0.3 is 102 Å². The molecule has 0 radical (unpaired) electrons. The van der Waals surface area contributed by atoms with E-state index < -0.39 is 58.4 Å². The van der Waals surface area contributed by atoms with Crippen molar-refractivity contribution in [3.63, 3.8) is 0 Å². The summed E-state index contributed by atoms with van der Waals surface area (Å²) in [5, 5.41) is 30.7. The zero-order chi connectivity index (χ0) is 19.0. The normalized spacial score (nSPS) is 26.3. The van der Waals surface area contributed by atoms with E-state index in [1.165, 1.54) is 0 Å². The second-order valence-corrected chi connectivity index (χ2v) is 7.54. The van der Waals surface area contributed by atoms with Crippen molar-refractivity contribution in [3.05, 3.63) is 22.7 Å². The summed E-state index contributed by atoms with van der Waals surface area (Å²) in [7, 11) is -11.1. The molecule has 1 aromatic rings. The third kappa shape index (κ3) is 9.13. The van der Waals surface area contributed by atoms with Crippen LogP contribution >= 0.6 is 15.6 Å². The number of nitrogens with zero attached hydrogens (tertiary/aromatic N) is 2. The molecule has 1 aromatic heterocycles. The van der Waals surface area contributed by atoms with E-state index >= 15 is 0 Å². The zero-order valence-corrected chi connectivity index (χ0v) is 22.8. The molecule has 0 aromatic carbocycles. The van der Waals surface area contributed by atoms with Gasteiger partial charge in [0.05, 0.1) is 14.4 Å². The van der Waals surface area contributed by atoms with E-state index in [0.717, 1.165) is 12.3 Å². The van der Waals surface area contributed by atoms with Crippen LogP contribution in [0.4, 0.5) is 0 Å². The number of phosphoric acid groups is 2. The van der Waals surface area contributed by atoms with Crippen molar-refractivity contribution in [1.29, 1.82) is 0 Å². The largest absolute Gasteiger partial charge is 1.00 e. The number of aromatic nitrogens is 2. The molecule has 0 bridgehead atoms. The maximum absolute atomic E-state index is 11.6. The van der Waals surface area contributed by atoms with Crippen molar-refractivity contribution in [2.45, 2.75) is 24.5 Å². The molecule has 1 fully saturated rings. The number of aliphatic hydroxyl groups excluding tert-OH is 2. The third-order valence-electron chi connectivity index (χ3n) is 3.02. The Morgan fingerprint density at radius 1 is 1.21 bits per heavy atom. The first-order valence-corrected chi connectivity index (χ1v) is 9.34. The Morgan fingerprint density at radius 3 is 2.29 bits per heavy atom. The van der Waals surface area contributed by atoms with Crippen molar-refractivity contribution in [2.75, 3.05) is 6.61 Å². The van der Waals surface area contributed by atoms with Crippen molar-refractivity contribution >= 4 is 15.6 Å². The maximum Gasteiger partial charge on any atom is 1.00 e. The van der Waals surface area contributed by atoms with Crippen LogP contribution in [-0.4, -0.2) is 49.6 Å². The Hall–Kier alpha value is 1.82. The molecule has 5 atom stereocenters. The van der Waals surface area contributed by atoms with Gasteiger partial charge in [0, 0.05) is 6.20 Å². The van der Waals surface area contributed by atoms with Crippen molar-refractivity contribution in [1.82, 2.24) is 9.55 Å². The second kappa shape index (κ2) is 12.8. The average Bonchev–Trinajstić information content (AvgIpc) is 2.71. The quantitative estimate of drug-likeness (QED) is 0.260. The summed E-state index contributed by atoms with van der Waals surface area (Å²) in [5.41, 5.74) is -1.08. The molecule has 19 heteroatoms. The molecular weight excluding hydrogens is 459 g/mol. The fourth-order valence-corrected chi connectivity index (χ4v) is 3.54. The van der Waals surface area contributed by atoms with Crippen LogP contribution in [0.1, 0.15) is 6.23 Å². The van der Waals surface area contributed by atoms with Crippen molar-refractivity contribution in [2.24, 2.45) is 0 Å². The Balaban J connectivity index is 0. The SMILES string of the molecule is O=c1nc([O-])ccn1[C@@H]1O[C@H](COP(=O)(O)OP(=O)([O-])[O-])[C@@H](O)[C@H]1O.[Na+].[Na+].[Na+]. The van der Waals surface area contributed by atoms with E-state index in [0.29, 0.717) is 4.57 Å². The van der Waals surface area contributed by atoms with Crippen LogP contribution in [0.15, 0.2) is 17.1 Å². The fraction of sp³-hybridized carbons (Fsp3) is 0.556. The van der Waals surface area contributed by atoms with Gasteiger partial charge in [-0.25, -0.2) is 14.3 Å². The van der Waals surface area contributed by atoms with E-state index in [1.54, 1.807) is 0 Å². The summed E-state index contributed by atoms with van der Waals surface area (Å²) in [6, 6.07) is 0.892. The predicted octanol–water partition coefficient (Wildman–Crippen LogP) is -13.1. The number of phosphoric ester groups is 1. The molecule has 28 heavy (non-hydrogen) atoms. The first-order chi connectivity index (χ1) is 11.4. The van der Waals surface area contributed by atoms with Crippen molar-refractivity contribution in [3.8, 4) is 5.88 Å². The molecule has 1 unspecified atom stereocenters. The van der Waals surface area contributed by atoms with Gasteiger partial charge in [-0.3, -0.25) is 13.4 Å². The van der Waals surface area contributed by atoms with E-state index in [4.69, 9.17) is 9.63 Å². The topological polar surface area (TPSA) is 227 Å². The molecule has 0 aliphatic carbocycles. The molecule has 0 amide bonds. The maximum atomic E-state index is 11.6. The van der Waals surface area contributed by atoms with Gasteiger partial charge in [0.2, 0.25) is 0 Å². The molecule has 1 saturated heterocycles. The molecule has 3 N–H and O–H groups in total. The molecule has 14 nitrogen and oxygen atoms in total. The molecule has 2 heterocycles. The van der Waals surface area contributed by atoms with Gasteiger partial charge in [-0.05, 0) is 11.9 Å². The minimum absolute atomic E-state index is 0. The van der Waals surface area contributed by atoms with Gasteiger partial charge in [-0.15, -0.1) is 0 Å². The number of ether oxygens (including phenoxy) is 1. The number of aliphatic hydroxyl groups is 2. The average molecular weight is 470 g/mol. The summed E-state index contributed by atoms with van der Waals surface area (Å²) >= 11 is 0. The number of hydrogen-bond donors (Lipinski definition) is 3. The third-order valence-corrected chi connectivity index (χ3v) is 5.12. The summed E-state index contributed by atoms with van der Waals surface area (Å²) in [6.07, 6.45) is -5.49. The summed E-state index contributed by atoms with van der Waals surface area (Å²) in [6.45, 7) is -0.968. The Bertz CT molecular complexity index is 790. The predicted molar refractivity (Wildman–Crippen MR) is 68.3 cm³/mol. The summed E-state index contributed by atoms with van der Waals surface area (Å²) in [4.78, 5) is 44.3. The second-order valence-electron chi connectivity index (χ2n) is 4.80. The first-order valence-electron chi connectivity index (χ1n) is 6.38. The van der Waals surface area contributed by atoms with Crippen LogP contribution in [0, 0.1) is 0 Å². The minimum Gasteiger partial charge on any atom is -0.858 e. The fourth-order valence-electron chi connectivity index (χ4n) is 2.01. The smallest absolute Gasteiger partial charge is 0.858 e. The van der Waals surface area contributed by atoms with Crippen LogP contribution < -0.4 is 109 Å². The van der Waals surface area contributed by atoms with Gasteiger partial charge in [0.15, 0.2) is 6.23 Å². The molecule has 0 spiro atoms. The van der Waals surface area contributed by atoms with E-state index in [1.807, 2.05) is 0 Å². The van der Waals surface area contributed by atoms with Crippen LogP contribution in [0.2, 0.25) is 0 Å². The zero-order valence-electron chi connectivity index (χ0n) is 15.0. The molecule has 142 valence electrons. The van der Waals surface area contributed by atoms with Crippen LogP contribution in [-0.2, 0) is 22.7 Å². The van der Waals surface area contributed by atoms with Gasteiger partial charge in [0.1, 0.15) is 18.3 Å². The molecule has 1 aliphatic heterocycles. The monoisotopic (exact) mass is 470 g/mol. The number of hydrogen-bond acceptors (Lipinski definition) is 12.